The molecule has 0 spiro atoms. The third-order valence-electron chi connectivity index (χ3n) is 4.41. The van der Waals surface area contributed by atoms with Crippen LogP contribution >= 0.6 is 0 Å². The molecular formula is C14H23F3N2O2. The van der Waals surface area contributed by atoms with Crippen molar-refractivity contribution in [3.8, 4) is 0 Å². The number of rotatable bonds is 5. The van der Waals surface area contributed by atoms with E-state index < -0.39 is 23.6 Å². The maximum Gasteiger partial charge on any atom is 0.393 e. The van der Waals surface area contributed by atoms with Gasteiger partial charge in [-0.05, 0) is 45.1 Å². The Balaban J connectivity index is 2.02. The van der Waals surface area contributed by atoms with E-state index in [0.29, 0.717) is 13.0 Å². The van der Waals surface area contributed by atoms with Crippen molar-refractivity contribution in [2.24, 2.45) is 17.6 Å². The molecule has 0 radical (unpaired) electrons. The van der Waals surface area contributed by atoms with Crippen LogP contribution in [0.1, 0.15) is 32.6 Å². The van der Waals surface area contributed by atoms with E-state index in [2.05, 4.69) is 0 Å². The van der Waals surface area contributed by atoms with Crippen molar-refractivity contribution in [2.75, 3.05) is 26.2 Å². The quantitative estimate of drug-likeness (QED) is 0.789. The number of carbonyl (C=O) groups excluding carboxylic acids is 1. The molecule has 2 N–H and O–H groups in total. The van der Waals surface area contributed by atoms with Crippen molar-refractivity contribution >= 4 is 5.97 Å². The largest absolute Gasteiger partial charge is 0.465 e. The highest BCUT2D eigenvalue weighted by molar-refractivity contribution is 5.82. The van der Waals surface area contributed by atoms with Crippen LogP contribution in [0.25, 0.3) is 0 Å². The monoisotopic (exact) mass is 308 g/mol. The van der Waals surface area contributed by atoms with Crippen molar-refractivity contribution in [2.45, 2.75) is 44.3 Å². The highest BCUT2D eigenvalue weighted by atomic mass is 19.4. The number of nitrogens with two attached hydrogens (primary N) is 1. The van der Waals surface area contributed by atoms with Crippen LogP contribution in [-0.2, 0) is 9.53 Å². The number of carbonyl (C=O) groups is 1. The maximum absolute atomic E-state index is 12.8. The molecule has 1 aliphatic heterocycles. The van der Waals surface area contributed by atoms with Crippen molar-refractivity contribution < 1.29 is 22.7 Å². The summed E-state index contributed by atoms with van der Waals surface area (Å²) in [4.78, 5) is 13.8. The minimum absolute atomic E-state index is 0.0304. The molecule has 0 aromatic carbocycles. The van der Waals surface area contributed by atoms with Gasteiger partial charge in [-0.1, -0.05) is 0 Å². The predicted octanol–water partition coefficient (Wildman–Crippen LogP) is 1.93. The number of ether oxygens (including phenoxy) is 1. The Labute approximate surface area is 122 Å². The fourth-order valence-electron chi connectivity index (χ4n) is 3.06. The maximum atomic E-state index is 12.8. The zero-order valence-electron chi connectivity index (χ0n) is 12.3. The fraction of sp³-hybridized carbons (Fsp3) is 0.929. The molecule has 122 valence electrons. The predicted molar refractivity (Wildman–Crippen MR) is 71.5 cm³/mol. The average Bonchev–Trinajstić information content (AvgIpc) is 3.22. The molecule has 2 aliphatic rings. The Bertz CT molecular complexity index is 385. The van der Waals surface area contributed by atoms with Gasteiger partial charge in [0.1, 0.15) is 5.54 Å². The summed E-state index contributed by atoms with van der Waals surface area (Å²) in [5.74, 6) is -1.78. The minimum Gasteiger partial charge on any atom is -0.465 e. The minimum atomic E-state index is -4.18. The third kappa shape index (κ3) is 3.88. The van der Waals surface area contributed by atoms with Gasteiger partial charge < -0.3 is 15.4 Å². The van der Waals surface area contributed by atoms with Gasteiger partial charge in [0.05, 0.1) is 12.5 Å². The summed E-state index contributed by atoms with van der Waals surface area (Å²) in [7, 11) is 0. The van der Waals surface area contributed by atoms with E-state index in [0.717, 1.165) is 12.8 Å². The molecule has 0 aromatic heterocycles. The van der Waals surface area contributed by atoms with Crippen molar-refractivity contribution in [1.82, 2.24) is 4.90 Å². The van der Waals surface area contributed by atoms with Crippen LogP contribution < -0.4 is 5.73 Å². The Morgan fingerprint density at radius 1 is 1.29 bits per heavy atom. The van der Waals surface area contributed by atoms with Crippen molar-refractivity contribution in [1.29, 1.82) is 0 Å². The van der Waals surface area contributed by atoms with Gasteiger partial charge in [0.15, 0.2) is 0 Å². The second-order valence-electron chi connectivity index (χ2n) is 6.15. The van der Waals surface area contributed by atoms with E-state index >= 15 is 0 Å². The van der Waals surface area contributed by atoms with E-state index in [-0.39, 0.29) is 32.0 Å². The molecular weight excluding hydrogens is 285 g/mol. The second kappa shape index (κ2) is 6.12. The van der Waals surface area contributed by atoms with E-state index in [1.165, 1.54) is 0 Å². The van der Waals surface area contributed by atoms with E-state index in [4.69, 9.17) is 10.5 Å². The normalized spacial score (nSPS) is 27.2. The second-order valence-corrected chi connectivity index (χ2v) is 6.15. The lowest BCUT2D eigenvalue weighted by Crippen LogP contribution is -2.60. The highest BCUT2D eigenvalue weighted by Gasteiger charge is 2.51. The van der Waals surface area contributed by atoms with Gasteiger partial charge in [-0.3, -0.25) is 0 Å². The van der Waals surface area contributed by atoms with Gasteiger partial charge in [0.2, 0.25) is 0 Å². The first-order chi connectivity index (χ1) is 9.77. The lowest BCUT2D eigenvalue weighted by Gasteiger charge is -2.38. The summed E-state index contributed by atoms with van der Waals surface area (Å²) in [6.07, 6.45) is -1.87. The number of halogens is 3. The van der Waals surface area contributed by atoms with E-state index in [1.807, 2.05) is 0 Å². The molecule has 2 fully saturated rings. The summed E-state index contributed by atoms with van der Waals surface area (Å²) in [5.41, 5.74) is 5.06. The number of hydrogen-bond acceptors (Lipinski definition) is 4. The number of esters is 1. The Kier molecular flexibility index (Phi) is 4.82. The molecule has 0 aromatic rings. The molecule has 1 saturated carbocycles. The lowest BCUT2D eigenvalue weighted by atomic mass is 9.90. The van der Waals surface area contributed by atoms with Gasteiger partial charge in [0.25, 0.3) is 0 Å². The van der Waals surface area contributed by atoms with Gasteiger partial charge in [-0.15, -0.1) is 0 Å². The smallest absolute Gasteiger partial charge is 0.393 e. The topological polar surface area (TPSA) is 55.6 Å². The van der Waals surface area contributed by atoms with E-state index in [9.17, 15) is 18.0 Å². The van der Waals surface area contributed by atoms with Crippen LogP contribution in [0.5, 0.6) is 0 Å². The standard InChI is InChI=1S/C14H23F3N2O2/c1-2-21-12(20)13(18,10-5-6-10)9-19-7-3-4-11(8-19)14(15,16)17/h10-11H,2-9,18H2,1H3. The molecule has 21 heavy (non-hydrogen) atoms. The average molecular weight is 308 g/mol. The molecule has 2 atom stereocenters. The fourth-order valence-corrected chi connectivity index (χ4v) is 3.06. The number of alkyl halides is 3. The summed E-state index contributed by atoms with van der Waals surface area (Å²) in [6.45, 7) is 2.57. The molecule has 0 bridgehead atoms. The summed E-state index contributed by atoms with van der Waals surface area (Å²) >= 11 is 0. The van der Waals surface area contributed by atoms with Crippen LogP contribution in [0.15, 0.2) is 0 Å². The summed E-state index contributed by atoms with van der Waals surface area (Å²) in [5, 5.41) is 0. The number of hydrogen-bond donors (Lipinski definition) is 1. The molecule has 2 rings (SSSR count). The molecule has 1 heterocycles. The van der Waals surface area contributed by atoms with Gasteiger partial charge in [-0.2, -0.15) is 13.2 Å². The van der Waals surface area contributed by atoms with Crippen LogP contribution in [-0.4, -0.2) is 48.8 Å². The Hall–Kier alpha value is -0.820. The van der Waals surface area contributed by atoms with Gasteiger partial charge in [0, 0.05) is 13.1 Å². The van der Waals surface area contributed by atoms with Crippen molar-refractivity contribution in [3.05, 3.63) is 0 Å². The molecule has 1 aliphatic carbocycles. The number of likely N-dealkylation sites (tertiary alicyclic amines) is 1. The zero-order chi connectivity index (χ0) is 15.7. The Morgan fingerprint density at radius 2 is 1.95 bits per heavy atom. The van der Waals surface area contributed by atoms with E-state index in [1.54, 1.807) is 11.8 Å². The molecule has 4 nitrogen and oxygen atoms in total. The summed E-state index contributed by atoms with van der Waals surface area (Å²) < 4.78 is 43.6. The van der Waals surface area contributed by atoms with Crippen molar-refractivity contribution in [3.63, 3.8) is 0 Å². The molecule has 1 saturated heterocycles. The first-order valence-corrected chi connectivity index (χ1v) is 7.52. The summed E-state index contributed by atoms with van der Waals surface area (Å²) in [6, 6.07) is 0. The van der Waals surface area contributed by atoms with Crippen LogP contribution in [0.2, 0.25) is 0 Å². The Morgan fingerprint density at radius 3 is 2.48 bits per heavy atom. The first-order valence-electron chi connectivity index (χ1n) is 7.52. The number of nitrogens with zero attached hydrogens (tertiary/aromatic N) is 1. The number of piperidine rings is 1. The first kappa shape index (κ1) is 16.5. The third-order valence-corrected chi connectivity index (χ3v) is 4.41. The lowest BCUT2D eigenvalue weighted by molar-refractivity contribution is -0.187. The SMILES string of the molecule is CCOC(=O)C(N)(CN1CCCC(C(F)(F)F)C1)C1CC1. The highest BCUT2D eigenvalue weighted by Crippen LogP contribution is 2.40. The van der Waals surface area contributed by atoms with Gasteiger partial charge >= 0.3 is 12.1 Å². The van der Waals surface area contributed by atoms with Gasteiger partial charge in [-0.25, -0.2) is 4.79 Å². The molecule has 2 unspecified atom stereocenters. The molecule has 0 amide bonds. The van der Waals surface area contributed by atoms with Crippen LogP contribution in [0.4, 0.5) is 13.2 Å². The molecule has 7 heteroatoms. The van der Waals surface area contributed by atoms with Crippen LogP contribution in [0, 0.1) is 11.8 Å². The van der Waals surface area contributed by atoms with Crippen LogP contribution in [0.3, 0.4) is 0 Å². The zero-order valence-corrected chi connectivity index (χ0v) is 12.3.